The number of hydrogen-bond acceptors (Lipinski definition) is 3. The van der Waals surface area contributed by atoms with Crippen LogP contribution in [0.4, 0.5) is 0 Å². The zero-order valence-corrected chi connectivity index (χ0v) is 7.92. The molecule has 2 rings (SSSR count). The van der Waals surface area contributed by atoms with Crippen LogP contribution in [-0.2, 0) is 4.74 Å². The van der Waals surface area contributed by atoms with Gasteiger partial charge in [-0.2, -0.15) is 0 Å². The fourth-order valence-corrected chi connectivity index (χ4v) is 2.26. The Labute approximate surface area is 74.1 Å². The SMILES string of the molecule is CC(C)N1CCO[C@@H]2CNC[C@@H]21. The molecular weight excluding hydrogens is 152 g/mol. The van der Waals surface area contributed by atoms with Crippen LogP contribution in [0, 0.1) is 0 Å². The second-order valence-corrected chi connectivity index (χ2v) is 3.97. The van der Waals surface area contributed by atoms with Gasteiger partial charge < -0.3 is 10.1 Å². The third kappa shape index (κ3) is 1.37. The molecule has 2 aliphatic heterocycles. The quantitative estimate of drug-likeness (QED) is 0.602. The zero-order chi connectivity index (χ0) is 8.55. The molecule has 0 aliphatic carbocycles. The number of fused-ring (bicyclic) bond motifs is 1. The minimum Gasteiger partial charge on any atom is -0.374 e. The summed E-state index contributed by atoms with van der Waals surface area (Å²) < 4.78 is 5.68. The highest BCUT2D eigenvalue weighted by molar-refractivity contribution is 4.93. The van der Waals surface area contributed by atoms with Crippen molar-refractivity contribution in [2.75, 3.05) is 26.2 Å². The lowest BCUT2D eigenvalue weighted by atomic mass is 10.1. The Morgan fingerprint density at radius 1 is 1.42 bits per heavy atom. The van der Waals surface area contributed by atoms with Crippen LogP contribution in [0.15, 0.2) is 0 Å². The maximum atomic E-state index is 5.68. The van der Waals surface area contributed by atoms with Crippen molar-refractivity contribution in [2.24, 2.45) is 0 Å². The highest BCUT2D eigenvalue weighted by Gasteiger charge is 2.36. The predicted molar refractivity (Wildman–Crippen MR) is 48.2 cm³/mol. The summed E-state index contributed by atoms with van der Waals surface area (Å²) in [5.41, 5.74) is 0. The van der Waals surface area contributed by atoms with Crippen molar-refractivity contribution < 1.29 is 4.74 Å². The van der Waals surface area contributed by atoms with Gasteiger partial charge in [-0.05, 0) is 13.8 Å². The fourth-order valence-electron chi connectivity index (χ4n) is 2.26. The average molecular weight is 170 g/mol. The number of nitrogens with one attached hydrogen (secondary N) is 1. The zero-order valence-electron chi connectivity index (χ0n) is 7.92. The first-order chi connectivity index (χ1) is 5.79. The van der Waals surface area contributed by atoms with E-state index in [1.807, 2.05) is 0 Å². The fraction of sp³-hybridized carbons (Fsp3) is 1.00. The first-order valence-corrected chi connectivity index (χ1v) is 4.87. The Balaban J connectivity index is 2.03. The van der Waals surface area contributed by atoms with Gasteiger partial charge >= 0.3 is 0 Å². The van der Waals surface area contributed by atoms with E-state index in [2.05, 4.69) is 24.1 Å². The highest BCUT2D eigenvalue weighted by atomic mass is 16.5. The molecule has 3 nitrogen and oxygen atoms in total. The molecule has 0 radical (unpaired) electrons. The normalized spacial score (nSPS) is 37.2. The second-order valence-electron chi connectivity index (χ2n) is 3.97. The standard InChI is InChI=1S/C9H18N2O/c1-7(2)11-3-4-12-9-6-10-5-8(9)11/h7-10H,3-6H2,1-2H3/t8-,9+/m0/s1. The van der Waals surface area contributed by atoms with E-state index in [1.54, 1.807) is 0 Å². The third-order valence-electron chi connectivity index (χ3n) is 2.90. The molecule has 2 aliphatic rings. The van der Waals surface area contributed by atoms with Gasteiger partial charge in [0.2, 0.25) is 0 Å². The van der Waals surface area contributed by atoms with Gasteiger partial charge in [0.05, 0.1) is 12.7 Å². The molecule has 2 saturated heterocycles. The van der Waals surface area contributed by atoms with Crippen molar-refractivity contribution in [3.05, 3.63) is 0 Å². The molecule has 0 saturated carbocycles. The summed E-state index contributed by atoms with van der Waals surface area (Å²) in [6, 6.07) is 1.28. The van der Waals surface area contributed by atoms with Gasteiger partial charge in [-0.1, -0.05) is 0 Å². The van der Waals surface area contributed by atoms with Crippen LogP contribution in [0.1, 0.15) is 13.8 Å². The lowest BCUT2D eigenvalue weighted by molar-refractivity contribution is -0.0580. The van der Waals surface area contributed by atoms with E-state index in [9.17, 15) is 0 Å². The Bertz CT molecular complexity index is 161. The molecule has 0 spiro atoms. The molecule has 0 bridgehead atoms. The Hall–Kier alpha value is -0.120. The largest absolute Gasteiger partial charge is 0.374 e. The number of ether oxygens (including phenoxy) is 1. The molecule has 0 aromatic rings. The van der Waals surface area contributed by atoms with E-state index in [1.165, 1.54) is 0 Å². The van der Waals surface area contributed by atoms with E-state index in [0.29, 0.717) is 18.2 Å². The highest BCUT2D eigenvalue weighted by Crippen LogP contribution is 2.19. The van der Waals surface area contributed by atoms with Gasteiger partial charge in [0.1, 0.15) is 0 Å². The van der Waals surface area contributed by atoms with E-state index in [4.69, 9.17) is 4.74 Å². The Kier molecular flexibility index (Phi) is 2.35. The van der Waals surface area contributed by atoms with Crippen LogP contribution in [0.5, 0.6) is 0 Å². The maximum absolute atomic E-state index is 5.68. The topological polar surface area (TPSA) is 24.5 Å². The van der Waals surface area contributed by atoms with Gasteiger partial charge in [-0.25, -0.2) is 0 Å². The van der Waals surface area contributed by atoms with Gasteiger partial charge in [0, 0.05) is 31.7 Å². The van der Waals surface area contributed by atoms with Crippen molar-refractivity contribution >= 4 is 0 Å². The van der Waals surface area contributed by atoms with Crippen LogP contribution in [-0.4, -0.2) is 49.3 Å². The molecule has 70 valence electrons. The molecular formula is C9H18N2O. The van der Waals surface area contributed by atoms with Crippen LogP contribution in [0.2, 0.25) is 0 Å². The van der Waals surface area contributed by atoms with E-state index >= 15 is 0 Å². The number of hydrogen-bond donors (Lipinski definition) is 1. The van der Waals surface area contributed by atoms with E-state index in [-0.39, 0.29) is 0 Å². The van der Waals surface area contributed by atoms with Crippen molar-refractivity contribution in [3.63, 3.8) is 0 Å². The molecule has 0 amide bonds. The number of nitrogens with zero attached hydrogens (tertiary/aromatic N) is 1. The summed E-state index contributed by atoms with van der Waals surface area (Å²) in [6.45, 7) is 8.67. The molecule has 0 aromatic carbocycles. The summed E-state index contributed by atoms with van der Waals surface area (Å²) in [5, 5.41) is 3.38. The summed E-state index contributed by atoms with van der Waals surface area (Å²) in [6.07, 6.45) is 0.446. The molecule has 1 N–H and O–H groups in total. The third-order valence-corrected chi connectivity index (χ3v) is 2.90. The molecule has 2 fully saturated rings. The van der Waals surface area contributed by atoms with Crippen molar-refractivity contribution in [3.8, 4) is 0 Å². The minimum absolute atomic E-state index is 0.446. The Morgan fingerprint density at radius 3 is 3.00 bits per heavy atom. The summed E-state index contributed by atoms with van der Waals surface area (Å²) in [7, 11) is 0. The van der Waals surface area contributed by atoms with Crippen LogP contribution in [0.25, 0.3) is 0 Å². The molecule has 2 heterocycles. The number of morpholine rings is 1. The van der Waals surface area contributed by atoms with E-state index in [0.717, 1.165) is 26.2 Å². The molecule has 3 heteroatoms. The van der Waals surface area contributed by atoms with Crippen LogP contribution < -0.4 is 5.32 Å². The monoisotopic (exact) mass is 170 g/mol. The average Bonchev–Trinajstić information content (AvgIpc) is 2.49. The molecule has 2 atom stereocenters. The van der Waals surface area contributed by atoms with Crippen LogP contribution in [0.3, 0.4) is 0 Å². The van der Waals surface area contributed by atoms with Crippen LogP contribution >= 0.6 is 0 Å². The van der Waals surface area contributed by atoms with Crippen molar-refractivity contribution in [1.29, 1.82) is 0 Å². The molecule has 0 unspecified atom stereocenters. The first-order valence-electron chi connectivity index (χ1n) is 4.87. The Morgan fingerprint density at radius 2 is 2.25 bits per heavy atom. The maximum Gasteiger partial charge on any atom is 0.0867 e. The van der Waals surface area contributed by atoms with E-state index < -0.39 is 0 Å². The molecule has 0 aromatic heterocycles. The number of rotatable bonds is 1. The van der Waals surface area contributed by atoms with Gasteiger partial charge in [-0.3, -0.25) is 4.90 Å². The molecule has 12 heavy (non-hydrogen) atoms. The van der Waals surface area contributed by atoms with Gasteiger partial charge in [0.25, 0.3) is 0 Å². The first kappa shape index (κ1) is 8.48. The van der Waals surface area contributed by atoms with Gasteiger partial charge in [0.15, 0.2) is 0 Å². The summed E-state index contributed by atoms with van der Waals surface area (Å²) >= 11 is 0. The summed E-state index contributed by atoms with van der Waals surface area (Å²) in [4.78, 5) is 2.55. The van der Waals surface area contributed by atoms with Crippen molar-refractivity contribution in [1.82, 2.24) is 10.2 Å². The summed E-state index contributed by atoms with van der Waals surface area (Å²) in [5.74, 6) is 0. The predicted octanol–water partition coefficient (Wildman–Crippen LogP) is 0.0674. The second kappa shape index (κ2) is 3.32. The van der Waals surface area contributed by atoms with Crippen molar-refractivity contribution in [2.45, 2.75) is 32.0 Å². The lowest BCUT2D eigenvalue weighted by Gasteiger charge is -2.39. The van der Waals surface area contributed by atoms with Gasteiger partial charge in [-0.15, -0.1) is 0 Å². The minimum atomic E-state index is 0.446. The lowest BCUT2D eigenvalue weighted by Crippen LogP contribution is -2.53. The smallest absolute Gasteiger partial charge is 0.0867 e.